The Morgan fingerprint density at radius 3 is 2.35 bits per heavy atom. The number of anilines is 1. The molecular formula is C29H33ClFN5O. The molecule has 0 unspecified atom stereocenters. The van der Waals surface area contributed by atoms with E-state index in [2.05, 4.69) is 34.7 Å². The van der Waals surface area contributed by atoms with E-state index in [1.54, 1.807) is 31.6 Å². The molecule has 194 valence electrons. The third-order valence-electron chi connectivity index (χ3n) is 6.17. The second-order valence-electron chi connectivity index (χ2n) is 8.84. The normalized spacial score (nSPS) is 11.5. The summed E-state index contributed by atoms with van der Waals surface area (Å²) < 4.78 is 15.1. The lowest BCUT2D eigenvalue weighted by atomic mass is 10.0. The lowest BCUT2D eigenvalue weighted by Crippen LogP contribution is -2.39. The summed E-state index contributed by atoms with van der Waals surface area (Å²) in [4.78, 5) is 22.6. The van der Waals surface area contributed by atoms with Crippen LogP contribution in [0.2, 0.25) is 0 Å². The Balaban J connectivity index is 0.00000380. The van der Waals surface area contributed by atoms with Gasteiger partial charge >= 0.3 is 0 Å². The third kappa shape index (κ3) is 7.24. The Labute approximate surface area is 223 Å². The van der Waals surface area contributed by atoms with Crippen LogP contribution in [-0.2, 0) is 13.5 Å². The highest BCUT2D eigenvalue weighted by molar-refractivity contribution is 5.85. The van der Waals surface area contributed by atoms with Crippen LogP contribution < -0.4 is 16.2 Å². The monoisotopic (exact) mass is 521 g/mol. The van der Waals surface area contributed by atoms with Crippen LogP contribution >= 0.6 is 12.4 Å². The van der Waals surface area contributed by atoms with Crippen LogP contribution in [-0.4, -0.2) is 33.7 Å². The Bertz CT molecular complexity index is 1310. The molecule has 0 aliphatic carbocycles. The Morgan fingerprint density at radius 1 is 0.973 bits per heavy atom. The molecule has 0 saturated heterocycles. The van der Waals surface area contributed by atoms with Gasteiger partial charge in [0.15, 0.2) is 0 Å². The predicted octanol–water partition coefficient (Wildman–Crippen LogP) is 5.48. The van der Waals surface area contributed by atoms with E-state index in [9.17, 15) is 9.18 Å². The maximum atomic E-state index is 13.6. The van der Waals surface area contributed by atoms with Gasteiger partial charge in [-0.15, -0.1) is 12.4 Å². The van der Waals surface area contributed by atoms with Crippen LogP contribution in [0.25, 0.3) is 22.4 Å². The van der Waals surface area contributed by atoms with E-state index in [1.807, 2.05) is 30.3 Å². The fourth-order valence-corrected chi connectivity index (χ4v) is 4.17. The van der Waals surface area contributed by atoms with Crippen molar-refractivity contribution in [2.24, 2.45) is 7.05 Å². The summed E-state index contributed by atoms with van der Waals surface area (Å²) in [6, 6.07) is 20.1. The molecule has 0 spiro atoms. The molecule has 6 nitrogen and oxygen atoms in total. The van der Waals surface area contributed by atoms with Crippen molar-refractivity contribution in [1.82, 2.24) is 19.9 Å². The summed E-state index contributed by atoms with van der Waals surface area (Å²) in [5.74, 6) is 0.125. The molecule has 0 fully saturated rings. The van der Waals surface area contributed by atoms with Gasteiger partial charge in [-0.25, -0.2) is 9.37 Å². The van der Waals surface area contributed by atoms with Crippen molar-refractivity contribution in [3.8, 4) is 22.4 Å². The molecule has 0 aliphatic rings. The van der Waals surface area contributed by atoms with E-state index in [-0.39, 0.29) is 29.8 Å². The van der Waals surface area contributed by atoms with Crippen LogP contribution in [0.3, 0.4) is 0 Å². The van der Waals surface area contributed by atoms with Crippen LogP contribution in [0.4, 0.5) is 10.3 Å². The minimum absolute atomic E-state index is 0. The molecule has 2 N–H and O–H groups in total. The maximum Gasteiger partial charge on any atom is 0.263 e. The number of nitrogens with zero attached hydrogens (tertiary/aromatic N) is 3. The highest BCUT2D eigenvalue weighted by atomic mass is 35.5. The number of unbranched alkanes of at least 4 members (excludes halogenated alkanes) is 1. The van der Waals surface area contributed by atoms with Gasteiger partial charge in [-0.1, -0.05) is 55.8 Å². The van der Waals surface area contributed by atoms with Gasteiger partial charge in [-0.05, 0) is 54.8 Å². The van der Waals surface area contributed by atoms with Gasteiger partial charge in [-0.2, -0.15) is 0 Å². The minimum atomic E-state index is -0.354. The average molecular weight is 522 g/mol. The van der Waals surface area contributed by atoms with Gasteiger partial charge in [0.05, 0.1) is 11.3 Å². The number of nitrogens with one attached hydrogen (secondary N) is 2. The number of rotatable bonds is 11. The molecule has 4 rings (SSSR count). The van der Waals surface area contributed by atoms with Gasteiger partial charge in [0.1, 0.15) is 5.82 Å². The molecule has 8 heteroatoms. The molecule has 0 saturated carbocycles. The van der Waals surface area contributed by atoms with E-state index >= 15 is 0 Å². The highest BCUT2D eigenvalue weighted by Gasteiger charge is 2.19. The van der Waals surface area contributed by atoms with E-state index in [0.29, 0.717) is 29.3 Å². The van der Waals surface area contributed by atoms with Gasteiger partial charge in [0.25, 0.3) is 5.56 Å². The first-order chi connectivity index (χ1) is 17.6. The van der Waals surface area contributed by atoms with Crippen LogP contribution in [0, 0.1) is 5.82 Å². The number of aromatic nitrogens is 3. The zero-order chi connectivity index (χ0) is 25.3. The standard InChI is InChI=1S/C29H32FN5O.ClH/c1-3-4-16-32-25(19-21-8-6-5-7-9-21)20-33-29-34-27(23-14-17-31-18-15-23)26(28(36)35(29)2)22-10-12-24(30)13-11-22;/h5-15,17-18,25,32H,3-4,16,19-20H2,1-2H3,(H,33,34);1H/t25-;/m0./s1. The summed E-state index contributed by atoms with van der Waals surface area (Å²) in [5, 5.41) is 7.05. The molecule has 0 amide bonds. The number of hydrogen-bond donors (Lipinski definition) is 2. The largest absolute Gasteiger partial charge is 0.354 e. The molecular weight excluding hydrogens is 489 g/mol. The number of pyridine rings is 1. The smallest absolute Gasteiger partial charge is 0.263 e. The van der Waals surface area contributed by atoms with Crippen molar-refractivity contribution in [2.75, 3.05) is 18.4 Å². The molecule has 2 heterocycles. The highest BCUT2D eigenvalue weighted by Crippen LogP contribution is 2.28. The Morgan fingerprint density at radius 2 is 1.68 bits per heavy atom. The molecule has 2 aromatic carbocycles. The van der Waals surface area contributed by atoms with Crippen molar-refractivity contribution < 1.29 is 4.39 Å². The summed E-state index contributed by atoms with van der Waals surface area (Å²) >= 11 is 0. The molecule has 2 aromatic heterocycles. The Hall–Kier alpha value is -3.55. The SMILES string of the molecule is CCCCN[C@H](CNc1nc(-c2ccncc2)c(-c2ccc(F)cc2)c(=O)n1C)Cc1ccccc1.Cl. The summed E-state index contributed by atoms with van der Waals surface area (Å²) in [7, 11) is 1.71. The Kier molecular flexibility index (Phi) is 10.4. The van der Waals surface area contributed by atoms with E-state index in [0.717, 1.165) is 31.4 Å². The molecule has 37 heavy (non-hydrogen) atoms. The van der Waals surface area contributed by atoms with E-state index in [1.165, 1.54) is 22.3 Å². The zero-order valence-corrected chi connectivity index (χ0v) is 22.0. The van der Waals surface area contributed by atoms with Gasteiger partial charge in [0.2, 0.25) is 5.95 Å². The summed E-state index contributed by atoms with van der Waals surface area (Å²) in [6.07, 6.45) is 6.42. The van der Waals surface area contributed by atoms with Crippen molar-refractivity contribution in [3.63, 3.8) is 0 Å². The summed E-state index contributed by atoms with van der Waals surface area (Å²) in [6.45, 7) is 3.70. The van der Waals surface area contributed by atoms with Gasteiger partial charge in [-0.3, -0.25) is 14.3 Å². The first-order valence-corrected chi connectivity index (χ1v) is 12.4. The van der Waals surface area contributed by atoms with Crippen LogP contribution in [0.5, 0.6) is 0 Å². The molecule has 4 aromatic rings. The van der Waals surface area contributed by atoms with Crippen LogP contribution in [0.1, 0.15) is 25.3 Å². The van der Waals surface area contributed by atoms with Gasteiger partial charge < -0.3 is 10.6 Å². The quantitative estimate of drug-likeness (QED) is 0.256. The number of halogens is 2. The van der Waals surface area contributed by atoms with E-state index in [4.69, 9.17) is 4.98 Å². The zero-order valence-electron chi connectivity index (χ0n) is 21.2. The molecule has 0 bridgehead atoms. The minimum Gasteiger partial charge on any atom is -0.354 e. The fraction of sp³-hybridized carbons (Fsp3) is 0.276. The fourth-order valence-electron chi connectivity index (χ4n) is 4.17. The topological polar surface area (TPSA) is 71.8 Å². The molecule has 0 radical (unpaired) electrons. The predicted molar refractivity (Wildman–Crippen MR) is 151 cm³/mol. The lowest BCUT2D eigenvalue weighted by Gasteiger charge is -2.21. The van der Waals surface area contributed by atoms with Crippen molar-refractivity contribution in [3.05, 3.63) is 101 Å². The molecule has 1 atom stereocenters. The first-order valence-electron chi connectivity index (χ1n) is 12.4. The van der Waals surface area contributed by atoms with E-state index < -0.39 is 0 Å². The summed E-state index contributed by atoms with van der Waals surface area (Å²) in [5.41, 5.74) is 3.39. The molecule has 0 aliphatic heterocycles. The maximum absolute atomic E-state index is 13.6. The average Bonchev–Trinajstić information content (AvgIpc) is 2.91. The van der Waals surface area contributed by atoms with Crippen molar-refractivity contribution >= 4 is 18.4 Å². The first kappa shape index (κ1) is 28.0. The number of benzene rings is 2. The van der Waals surface area contributed by atoms with Crippen molar-refractivity contribution in [2.45, 2.75) is 32.2 Å². The number of hydrogen-bond acceptors (Lipinski definition) is 5. The van der Waals surface area contributed by atoms with Crippen molar-refractivity contribution in [1.29, 1.82) is 0 Å². The second-order valence-corrected chi connectivity index (χ2v) is 8.84. The van der Waals surface area contributed by atoms with Gasteiger partial charge in [0, 0.05) is 37.6 Å². The second kappa shape index (κ2) is 13.7. The van der Waals surface area contributed by atoms with Crippen LogP contribution in [0.15, 0.2) is 83.9 Å². The third-order valence-corrected chi connectivity index (χ3v) is 6.17. The lowest BCUT2D eigenvalue weighted by molar-refractivity contribution is 0.513.